The molecule has 0 aromatic carbocycles. The lowest BCUT2D eigenvalue weighted by atomic mass is 9.96. The van der Waals surface area contributed by atoms with E-state index >= 15 is 0 Å². The summed E-state index contributed by atoms with van der Waals surface area (Å²) in [6.45, 7) is 13.8. The van der Waals surface area contributed by atoms with Crippen molar-refractivity contribution in [2.24, 2.45) is 34.2 Å². The van der Waals surface area contributed by atoms with E-state index in [0.29, 0.717) is 58.0 Å². The van der Waals surface area contributed by atoms with Crippen LogP contribution in [0.3, 0.4) is 0 Å². The summed E-state index contributed by atoms with van der Waals surface area (Å²) >= 11 is 0. The topological polar surface area (TPSA) is 358 Å². The minimum absolute atomic E-state index is 0.0956. The lowest BCUT2D eigenvalue weighted by Crippen LogP contribution is -2.62. The molecule has 1 aliphatic carbocycles. The summed E-state index contributed by atoms with van der Waals surface area (Å²) in [5.74, 6) is -6.76. The molecule has 1 saturated carbocycles. The molecule has 0 radical (unpaired) electrons. The van der Waals surface area contributed by atoms with Crippen LogP contribution in [0.15, 0.2) is 4.99 Å². The Morgan fingerprint density at radius 2 is 1.38 bits per heavy atom. The molecule has 0 aromatic heterocycles. The highest BCUT2D eigenvalue weighted by atomic mass is 16.3. The molecule has 0 bridgehead atoms. The van der Waals surface area contributed by atoms with Gasteiger partial charge in [0.25, 0.3) is 0 Å². The maximum atomic E-state index is 14.2. The van der Waals surface area contributed by atoms with Crippen molar-refractivity contribution in [2.75, 3.05) is 39.8 Å². The van der Waals surface area contributed by atoms with Gasteiger partial charge in [0.2, 0.25) is 59.1 Å². The number of likely N-dealkylation sites (N-methyl/N-ethyl adjacent to an activating group) is 2. The van der Waals surface area contributed by atoms with E-state index in [1.807, 2.05) is 20.8 Å². The molecule has 0 unspecified atom stereocenters. The molecular formula is C47H83N13O11. The fraction of sp³-hybridized carbons (Fsp3) is 0.766. The van der Waals surface area contributed by atoms with E-state index in [1.165, 1.54) is 30.7 Å². The molecule has 0 spiro atoms. The van der Waals surface area contributed by atoms with Crippen molar-refractivity contribution < 1.29 is 53.1 Å². The van der Waals surface area contributed by atoms with Crippen molar-refractivity contribution in [3.8, 4) is 0 Å². The summed E-state index contributed by atoms with van der Waals surface area (Å²) in [7, 11) is 1.46. The molecule has 2 aliphatic rings. The molecule has 2 fully saturated rings. The predicted octanol–water partition coefficient (Wildman–Crippen LogP) is -2.26. The fourth-order valence-electron chi connectivity index (χ4n) is 8.44. The third kappa shape index (κ3) is 20.7. The number of guanidine groups is 1. The van der Waals surface area contributed by atoms with Crippen molar-refractivity contribution in [1.29, 1.82) is 0 Å². The zero-order valence-corrected chi connectivity index (χ0v) is 43.2. The molecule has 10 atom stereocenters. The number of nitrogens with two attached hydrogens (primary N) is 2. The second kappa shape index (κ2) is 30.6. The summed E-state index contributed by atoms with van der Waals surface area (Å²) in [5.41, 5.74) is 11.0. The molecular weight excluding hydrogens is 923 g/mol. The average Bonchev–Trinajstić information content (AvgIpc) is 3.99. The number of carbonyl (C=O) groups is 10. The van der Waals surface area contributed by atoms with Crippen molar-refractivity contribution in [1.82, 2.24) is 52.3 Å². The second-order valence-corrected chi connectivity index (χ2v) is 19.2. The minimum atomic E-state index is -1.57. The molecule has 0 aromatic rings. The number of hydrogen-bond donors (Lipinski definition) is 11. The Morgan fingerprint density at radius 3 is 1.97 bits per heavy atom. The van der Waals surface area contributed by atoms with E-state index < -0.39 is 101 Å². The largest absolute Gasteiger partial charge is 0.391 e. The highest BCUT2D eigenvalue weighted by Gasteiger charge is 2.40. The maximum absolute atomic E-state index is 14.2. The van der Waals surface area contributed by atoms with Crippen molar-refractivity contribution in [3.05, 3.63) is 0 Å². The van der Waals surface area contributed by atoms with Gasteiger partial charge in [0.1, 0.15) is 36.3 Å². The first kappa shape index (κ1) is 61.1. The number of nitrogens with zero attached hydrogens (tertiary/aromatic N) is 3. The summed E-state index contributed by atoms with van der Waals surface area (Å²) in [4.78, 5) is 139. The number of likely N-dealkylation sites (tertiary alicyclic amines) is 1. The molecule has 71 heavy (non-hydrogen) atoms. The average molecular weight is 1010 g/mol. The van der Waals surface area contributed by atoms with Crippen molar-refractivity contribution in [2.45, 2.75) is 174 Å². The molecule has 2 rings (SSSR count). The van der Waals surface area contributed by atoms with Crippen molar-refractivity contribution in [3.63, 3.8) is 0 Å². The number of carbonyl (C=O) groups excluding carboxylic acids is 10. The predicted molar refractivity (Wildman–Crippen MR) is 264 cm³/mol. The van der Waals surface area contributed by atoms with Gasteiger partial charge in [-0.15, -0.1) is 0 Å². The SMILES string of the molecule is CCC[C@H](NC(=O)[C@@H](NC(=O)[C@@H](CC(C)C)NC(=O)[C@@H]1CC[C@H](NC(=O)CNC(=O)CN(C)C(C)=O)C1)[C@@H](C)O)C(=O)N[C@H](C(=O)N[C@@H](CCCN=C(N)N)C(=O)N1CCC[C@H]1C(=O)NCC)[C@@H](C)CC. The summed E-state index contributed by atoms with van der Waals surface area (Å²) in [5, 5.41) is 32.4. The van der Waals surface area contributed by atoms with Gasteiger partial charge in [-0.2, -0.15) is 0 Å². The summed E-state index contributed by atoms with van der Waals surface area (Å²) in [6, 6.07) is -7.26. The lowest BCUT2D eigenvalue weighted by molar-refractivity contribution is -0.142. The smallest absolute Gasteiger partial charge is 0.245 e. The first-order valence-electron chi connectivity index (χ1n) is 25.0. The van der Waals surface area contributed by atoms with E-state index in [2.05, 4.69) is 47.5 Å². The van der Waals surface area contributed by atoms with E-state index in [0.717, 1.165) is 0 Å². The Hall–Kier alpha value is -6.07. The normalized spacial score (nSPS) is 19.3. The number of aliphatic imine (C=N–C) groups is 1. The van der Waals surface area contributed by atoms with Gasteiger partial charge in [0, 0.05) is 45.6 Å². The van der Waals surface area contributed by atoms with Gasteiger partial charge < -0.3 is 68.9 Å². The quantitative estimate of drug-likeness (QED) is 0.0215. The minimum Gasteiger partial charge on any atom is -0.391 e. The van der Waals surface area contributed by atoms with E-state index in [-0.39, 0.29) is 75.1 Å². The van der Waals surface area contributed by atoms with Crippen LogP contribution in [0.4, 0.5) is 0 Å². The first-order valence-corrected chi connectivity index (χ1v) is 25.0. The monoisotopic (exact) mass is 1010 g/mol. The third-order valence-electron chi connectivity index (χ3n) is 12.7. The van der Waals surface area contributed by atoms with Crippen LogP contribution in [0.25, 0.3) is 0 Å². The molecule has 24 heteroatoms. The van der Waals surface area contributed by atoms with Crippen LogP contribution < -0.4 is 54.0 Å². The number of amides is 10. The first-order chi connectivity index (χ1) is 33.4. The number of aliphatic hydroxyl groups excluding tert-OH is 1. The highest BCUT2D eigenvalue weighted by molar-refractivity contribution is 5.97. The Morgan fingerprint density at radius 1 is 0.746 bits per heavy atom. The molecule has 24 nitrogen and oxygen atoms in total. The maximum Gasteiger partial charge on any atom is 0.245 e. The Balaban J connectivity index is 2.19. The van der Waals surface area contributed by atoms with Crippen LogP contribution in [-0.4, -0.2) is 168 Å². The Bertz CT molecular complexity index is 1880. The molecule has 13 N–H and O–H groups in total. The number of aliphatic hydroxyl groups is 1. The summed E-state index contributed by atoms with van der Waals surface area (Å²) in [6.07, 6.45) is 2.28. The van der Waals surface area contributed by atoms with Crippen LogP contribution in [-0.2, 0) is 47.9 Å². The second-order valence-electron chi connectivity index (χ2n) is 19.2. The molecule has 1 aliphatic heterocycles. The number of rotatable bonds is 29. The zero-order chi connectivity index (χ0) is 53.5. The molecule has 1 heterocycles. The lowest BCUT2D eigenvalue weighted by Gasteiger charge is -2.31. The van der Waals surface area contributed by atoms with Gasteiger partial charge >= 0.3 is 0 Å². The van der Waals surface area contributed by atoms with Gasteiger partial charge in [0.15, 0.2) is 5.96 Å². The van der Waals surface area contributed by atoms with Crippen LogP contribution >= 0.6 is 0 Å². The van der Waals surface area contributed by atoms with Crippen molar-refractivity contribution >= 4 is 65.0 Å². The summed E-state index contributed by atoms with van der Waals surface area (Å²) < 4.78 is 0. The highest BCUT2D eigenvalue weighted by Crippen LogP contribution is 2.26. The fourth-order valence-corrected chi connectivity index (χ4v) is 8.44. The molecule has 1 saturated heterocycles. The van der Waals surface area contributed by atoms with Gasteiger partial charge in [-0.1, -0.05) is 47.5 Å². The van der Waals surface area contributed by atoms with Gasteiger partial charge in [-0.25, -0.2) is 0 Å². The van der Waals surface area contributed by atoms with Crippen LogP contribution in [0.1, 0.15) is 126 Å². The van der Waals surface area contributed by atoms with Gasteiger partial charge in [0.05, 0.1) is 19.2 Å². The van der Waals surface area contributed by atoms with Crippen LogP contribution in [0.5, 0.6) is 0 Å². The Kier molecular flexibility index (Phi) is 26.3. The third-order valence-corrected chi connectivity index (χ3v) is 12.7. The van der Waals surface area contributed by atoms with E-state index in [4.69, 9.17) is 11.5 Å². The number of nitrogens with one attached hydrogen (secondary N) is 8. The van der Waals surface area contributed by atoms with E-state index in [9.17, 15) is 53.1 Å². The molecule has 402 valence electrons. The van der Waals surface area contributed by atoms with Crippen LogP contribution in [0, 0.1) is 17.8 Å². The van der Waals surface area contributed by atoms with Gasteiger partial charge in [-0.05, 0) is 83.5 Å². The van der Waals surface area contributed by atoms with Gasteiger partial charge in [-0.3, -0.25) is 52.9 Å². The zero-order valence-electron chi connectivity index (χ0n) is 43.2. The molecule has 10 amide bonds. The standard InChI is InChI=1S/C47H83N13O11/c1-10-15-32(41(66)57-38(27(6)11-2)44(69)55-33(16-13-20-51-47(48)49)46(71)60-21-14-17-35(60)43(68)50-12-3)54-45(70)39(28(7)61)58-42(67)34(22-26(4)5)56-40(65)30-18-19-31(23-30)53-36(63)24-52-37(64)25-59(9)29(8)62/h26-28,30-35,38-39,61H,10-25H2,1-9H3,(H,50,68)(H,52,64)(H,53,63)(H,54,70)(H,55,69)(H,56,65)(H,57,66)(H,58,67)(H4,48,49,51)/t27-,28+,30+,31-,32-,33-,34+,35-,38-,39-/m0/s1. The Labute approximate surface area is 417 Å². The van der Waals surface area contributed by atoms with E-state index in [1.54, 1.807) is 20.8 Å². The number of hydrogen-bond acceptors (Lipinski definition) is 12. The van der Waals surface area contributed by atoms with Crippen LogP contribution in [0.2, 0.25) is 0 Å².